The van der Waals surface area contributed by atoms with E-state index in [4.69, 9.17) is 0 Å². The first-order chi connectivity index (χ1) is 16.0. The van der Waals surface area contributed by atoms with Crippen molar-refractivity contribution in [2.45, 2.75) is 37.9 Å². The lowest BCUT2D eigenvalue weighted by molar-refractivity contribution is -0.114. The second kappa shape index (κ2) is 8.37. The molecule has 168 valence electrons. The molecule has 5 rings (SSSR count). The van der Waals surface area contributed by atoms with Crippen molar-refractivity contribution in [1.82, 2.24) is 15.2 Å². The Hall–Kier alpha value is -3.64. The van der Waals surface area contributed by atoms with E-state index >= 15 is 0 Å². The number of hydrogen-bond acceptors (Lipinski definition) is 7. The molecule has 1 aromatic heterocycles. The zero-order valence-corrected chi connectivity index (χ0v) is 18.7. The number of amides is 2. The standard InChI is InChI=1S/C24H25N7O2/c1-3-15-9-17-18(29-23(15)32)8-14(12-27-17)13-30-6-7-31(22-10-21(22)30)20-5-4-16(24(33)26-2)28-19(20)11-25/h4-5,8-9,12,17,21-22H,3,6-7,10,13H2,1-2H3,(H,26,33)/t17?,21-,22+/m1/s1. The van der Waals surface area contributed by atoms with Crippen molar-refractivity contribution < 1.29 is 9.59 Å². The largest absolute Gasteiger partial charge is 0.363 e. The molecule has 1 N–H and O–H groups in total. The van der Waals surface area contributed by atoms with Gasteiger partial charge in [-0.1, -0.05) is 6.92 Å². The van der Waals surface area contributed by atoms with Crippen LogP contribution in [0, 0.1) is 11.3 Å². The maximum Gasteiger partial charge on any atom is 0.272 e. The molecule has 1 aromatic rings. The second-order valence-electron chi connectivity index (χ2n) is 8.62. The maximum atomic E-state index is 12.1. The minimum atomic E-state index is -0.303. The van der Waals surface area contributed by atoms with E-state index in [1.54, 1.807) is 13.1 Å². The zero-order chi connectivity index (χ0) is 23.1. The van der Waals surface area contributed by atoms with Crippen molar-refractivity contribution in [3.63, 3.8) is 0 Å². The Labute approximate surface area is 192 Å². The molecule has 0 radical (unpaired) electrons. The number of rotatable bonds is 5. The van der Waals surface area contributed by atoms with Gasteiger partial charge in [-0.25, -0.2) is 9.98 Å². The molecular formula is C24H25N7O2. The molecule has 1 aliphatic carbocycles. The van der Waals surface area contributed by atoms with E-state index in [0.29, 0.717) is 18.5 Å². The SMILES string of the molecule is CCC1=CC2N=CC(CN3CCN(c4ccc(C(=O)NC)nc4C#N)[C@H]4C[C@H]43)=CC2=NC1=O. The summed E-state index contributed by atoms with van der Waals surface area (Å²) >= 11 is 0. The molecule has 3 atom stereocenters. The molecule has 33 heavy (non-hydrogen) atoms. The number of nitrogens with one attached hydrogen (secondary N) is 1. The van der Waals surface area contributed by atoms with E-state index in [0.717, 1.165) is 48.6 Å². The minimum Gasteiger partial charge on any atom is -0.363 e. The van der Waals surface area contributed by atoms with Crippen LogP contribution >= 0.6 is 0 Å². The third-order valence-corrected chi connectivity index (χ3v) is 6.64. The van der Waals surface area contributed by atoms with E-state index in [2.05, 4.69) is 36.2 Å². The predicted molar refractivity (Wildman–Crippen MR) is 125 cm³/mol. The number of dihydropyridines is 2. The van der Waals surface area contributed by atoms with Crippen LogP contribution in [-0.2, 0) is 4.79 Å². The van der Waals surface area contributed by atoms with Crippen LogP contribution in [0.25, 0.3) is 0 Å². The Kier molecular flexibility index (Phi) is 5.38. The van der Waals surface area contributed by atoms with E-state index in [1.807, 2.05) is 31.4 Å². The quantitative estimate of drug-likeness (QED) is 0.733. The van der Waals surface area contributed by atoms with Crippen LogP contribution in [0.4, 0.5) is 5.69 Å². The number of hydrogen-bond donors (Lipinski definition) is 1. The van der Waals surface area contributed by atoms with Gasteiger partial charge in [0.05, 0.1) is 11.4 Å². The lowest BCUT2D eigenvalue weighted by Gasteiger charge is -2.36. The molecule has 0 aromatic carbocycles. The van der Waals surface area contributed by atoms with Gasteiger partial charge in [0.1, 0.15) is 17.8 Å². The monoisotopic (exact) mass is 443 g/mol. The van der Waals surface area contributed by atoms with E-state index in [-0.39, 0.29) is 29.2 Å². The number of piperazine rings is 1. The average molecular weight is 444 g/mol. The summed E-state index contributed by atoms with van der Waals surface area (Å²) in [5, 5.41) is 12.1. The number of carbonyl (C=O) groups excluding carboxylic acids is 2. The van der Waals surface area contributed by atoms with Crippen molar-refractivity contribution in [2.75, 3.05) is 31.6 Å². The molecule has 3 aliphatic heterocycles. The van der Waals surface area contributed by atoms with E-state index in [9.17, 15) is 14.9 Å². The number of aliphatic imine (C=N–C) groups is 2. The molecule has 1 unspecified atom stereocenters. The molecule has 2 amide bonds. The molecule has 0 bridgehead atoms. The fraction of sp³-hybridized carbons (Fsp3) is 0.417. The Morgan fingerprint density at radius 2 is 2.15 bits per heavy atom. The van der Waals surface area contributed by atoms with Crippen LogP contribution in [0.1, 0.15) is 35.9 Å². The summed E-state index contributed by atoms with van der Waals surface area (Å²) in [6.07, 6.45) is 7.50. The fourth-order valence-electron chi connectivity index (χ4n) is 4.81. The van der Waals surface area contributed by atoms with Crippen LogP contribution in [-0.4, -0.2) is 78.4 Å². The summed E-state index contributed by atoms with van der Waals surface area (Å²) in [4.78, 5) is 41.8. The van der Waals surface area contributed by atoms with Crippen LogP contribution in [0.2, 0.25) is 0 Å². The first kappa shape index (κ1) is 21.2. The number of pyridine rings is 1. The summed E-state index contributed by atoms with van der Waals surface area (Å²) in [6, 6.07) is 6.20. The minimum absolute atomic E-state index is 0.151. The lowest BCUT2D eigenvalue weighted by atomic mass is 9.98. The van der Waals surface area contributed by atoms with Crippen molar-refractivity contribution in [1.29, 1.82) is 5.26 Å². The zero-order valence-electron chi connectivity index (χ0n) is 18.7. The van der Waals surface area contributed by atoms with Gasteiger partial charge in [-0.2, -0.15) is 5.26 Å². The molecule has 1 saturated heterocycles. The van der Waals surface area contributed by atoms with Gasteiger partial charge in [0, 0.05) is 50.6 Å². The van der Waals surface area contributed by atoms with Crippen LogP contribution in [0.15, 0.2) is 45.4 Å². The van der Waals surface area contributed by atoms with E-state index in [1.165, 1.54) is 0 Å². The van der Waals surface area contributed by atoms with Crippen molar-refractivity contribution in [2.24, 2.45) is 9.98 Å². The van der Waals surface area contributed by atoms with Gasteiger partial charge in [0.2, 0.25) is 0 Å². The average Bonchev–Trinajstić information content (AvgIpc) is 3.64. The van der Waals surface area contributed by atoms with Crippen molar-refractivity contribution in [3.05, 3.63) is 46.8 Å². The van der Waals surface area contributed by atoms with E-state index < -0.39 is 0 Å². The molecule has 4 aliphatic rings. The number of nitriles is 1. The van der Waals surface area contributed by atoms with Crippen LogP contribution in [0.3, 0.4) is 0 Å². The highest BCUT2D eigenvalue weighted by molar-refractivity contribution is 6.16. The van der Waals surface area contributed by atoms with Gasteiger partial charge in [0.15, 0.2) is 5.69 Å². The summed E-state index contributed by atoms with van der Waals surface area (Å²) in [7, 11) is 1.54. The Morgan fingerprint density at radius 1 is 1.30 bits per heavy atom. The Bertz CT molecular complexity index is 1190. The van der Waals surface area contributed by atoms with Crippen LogP contribution < -0.4 is 10.2 Å². The number of fused-ring (bicyclic) bond motifs is 2. The van der Waals surface area contributed by atoms with Gasteiger partial charge in [-0.05, 0) is 42.7 Å². The first-order valence-corrected chi connectivity index (χ1v) is 11.2. The number of aromatic nitrogens is 1. The van der Waals surface area contributed by atoms with Gasteiger partial charge in [-0.3, -0.25) is 19.5 Å². The summed E-state index contributed by atoms with van der Waals surface area (Å²) < 4.78 is 0. The molecule has 4 heterocycles. The smallest absolute Gasteiger partial charge is 0.272 e. The van der Waals surface area contributed by atoms with Gasteiger partial charge >= 0.3 is 0 Å². The molecule has 1 saturated carbocycles. The molecule has 9 nitrogen and oxygen atoms in total. The number of nitrogens with zero attached hydrogens (tertiary/aromatic N) is 6. The number of carbonyl (C=O) groups is 2. The van der Waals surface area contributed by atoms with Gasteiger partial charge < -0.3 is 10.2 Å². The topological polar surface area (TPSA) is 114 Å². The summed E-state index contributed by atoms with van der Waals surface area (Å²) in [5.41, 5.74) is 3.82. The first-order valence-electron chi connectivity index (χ1n) is 11.2. The molecule has 2 fully saturated rings. The van der Waals surface area contributed by atoms with Crippen LogP contribution in [0.5, 0.6) is 0 Å². The highest BCUT2D eigenvalue weighted by Crippen LogP contribution is 2.40. The maximum absolute atomic E-state index is 12.1. The third kappa shape index (κ3) is 3.87. The normalized spacial score (nSPS) is 25.8. The third-order valence-electron chi connectivity index (χ3n) is 6.64. The Balaban J connectivity index is 1.27. The van der Waals surface area contributed by atoms with Crippen molar-refractivity contribution in [3.8, 4) is 6.07 Å². The van der Waals surface area contributed by atoms with Crippen molar-refractivity contribution >= 4 is 29.4 Å². The Morgan fingerprint density at radius 3 is 2.91 bits per heavy atom. The van der Waals surface area contributed by atoms with Gasteiger partial charge in [0.25, 0.3) is 11.8 Å². The predicted octanol–water partition coefficient (Wildman–Crippen LogP) is 1.27. The summed E-state index contributed by atoms with van der Waals surface area (Å²) in [5.74, 6) is -0.459. The highest BCUT2D eigenvalue weighted by Gasteiger charge is 2.49. The molecular weight excluding hydrogens is 418 g/mol. The second-order valence-corrected chi connectivity index (χ2v) is 8.62. The molecule has 0 spiro atoms. The lowest BCUT2D eigenvalue weighted by Crippen LogP contribution is -2.47. The fourth-order valence-corrected chi connectivity index (χ4v) is 4.81. The summed E-state index contributed by atoms with van der Waals surface area (Å²) in [6.45, 7) is 4.31. The highest BCUT2D eigenvalue weighted by atomic mass is 16.2. The molecule has 9 heteroatoms. The number of anilines is 1. The van der Waals surface area contributed by atoms with Gasteiger partial charge in [-0.15, -0.1) is 0 Å².